The van der Waals surface area contributed by atoms with Crippen molar-refractivity contribution in [2.75, 3.05) is 26.2 Å². The molecule has 0 aliphatic carbocycles. The Hall–Kier alpha value is -0.920. The zero-order valence-electron chi connectivity index (χ0n) is 13.8. The lowest BCUT2D eigenvalue weighted by molar-refractivity contribution is 0.139. The van der Waals surface area contributed by atoms with E-state index in [1.165, 1.54) is 36.6 Å². The first-order chi connectivity index (χ1) is 10.4. The topological polar surface area (TPSA) is 67.2 Å². The minimum absolute atomic E-state index is 0.230. The molecule has 6 nitrogen and oxygen atoms in total. The van der Waals surface area contributed by atoms with Gasteiger partial charge >= 0.3 is 0 Å². The quantitative estimate of drug-likeness (QED) is 0.770. The van der Waals surface area contributed by atoms with Gasteiger partial charge in [0.25, 0.3) is 0 Å². The SMILES string of the molecule is C[C@H]1C[C@H](C)CN(CCCCNS(=O)(=O)c2cnn(C)c2)C1. The van der Waals surface area contributed by atoms with Gasteiger partial charge in [0.2, 0.25) is 10.0 Å². The summed E-state index contributed by atoms with van der Waals surface area (Å²) in [5, 5.41) is 3.89. The van der Waals surface area contributed by atoms with Crippen LogP contribution in [0, 0.1) is 11.8 Å². The van der Waals surface area contributed by atoms with Crippen molar-refractivity contribution >= 4 is 10.0 Å². The van der Waals surface area contributed by atoms with E-state index < -0.39 is 10.0 Å². The van der Waals surface area contributed by atoms with E-state index in [2.05, 4.69) is 28.6 Å². The molecule has 1 aliphatic rings. The number of nitrogens with one attached hydrogen (secondary N) is 1. The number of hydrogen-bond donors (Lipinski definition) is 1. The third-order valence-electron chi connectivity index (χ3n) is 4.13. The maximum atomic E-state index is 12.0. The summed E-state index contributed by atoms with van der Waals surface area (Å²) in [5.74, 6) is 1.54. The average molecular weight is 328 g/mol. The number of aryl methyl sites for hydroxylation is 1. The molecular weight excluding hydrogens is 300 g/mol. The molecular formula is C15H28N4O2S. The highest BCUT2D eigenvalue weighted by Crippen LogP contribution is 2.20. The molecule has 2 rings (SSSR count). The lowest BCUT2D eigenvalue weighted by Gasteiger charge is -2.34. The molecule has 1 aromatic heterocycles. The Bertz CT molecular complexity index is 560. The predicted octanol–water partition coefficient (Wildman–Crippen LogP) is 1.46. The van der Waals surface area contributed by atoms with Crippen molar-refractivity contribution in [3.05, 3.63) is 12.4 Å². The summed E-state index contributed by atoms with van der Waals surface area (Å²) in [6.45, 7) is 8.51. The molecule has 0 spiro atoms. The molecule has 1 fully saturated rings. The van der Waals surface area contributed by atoms with Gasteiger partial charge in [-0.1, -0.05) is 13.8 Å². The Balaban J connectivity index is 1.67. The van der Waals surface area contributed by atoms with Crippen molar-refractivity contribution in [3.63, 3.8) is 0 Å². The maximum absolute atomic E-state index is 12.0. The minimum atomic E-state index is -3.41. The van der Waals surface area contributed by atoms with Crippen molar-refractivity contribution < 1.29 is 8.42 Å². The number of rotatable bonds is 7. The molecule has 0 aromatic carbocycles. The first-order valence-electron chi connectivity index (χ1n) is 8.07. The number of sulfonamides is 1. The van der Waals surface area contributed by atoms with Gasteiger partial charge in [0.15, 0.2) is 0 Å². The van der Waals surface area contributed by atoms with E-state index in [1.54, 1.807) is 7.05 Å². The largest absolute Gasteiger partial charge is 0.303 e. The molecule has 0 saturated carbocycles. The fourth-order valence-electron chi connectivity index (χ4n) is 3.26. The number of piperidine rings is 1. The third-order valence-corrected chi connectivity index (χ3v) is 5.54. The van der Waals surface area contributed by atoms with Crippen LogP contribution in [0.1, 0.15) is 33.1 Å². The summed E-state index contributed by atoms with van der Waals surface area (Å²) in [5.41, 5.74) is 0. The monoisotopic (exact) mass is 328 g/mol. The van der Waals surface area contributed by atoms with Crippen LogP contribution < -0.4 is 4.72 Å². The van der Waals surface area contributed by atoms with Crippen LogP contribution in [0.4, 0.5) is 0 Å². The van der Waals surface area contributed by atoms with Gasteiger partial charge < -0.3 is 4.90 Å². The van der Waals surface area contributed by atoms with Gasteiger partial charge in [-0.05, 0) is 37.6 Å². The van der Waals surface area contributed by atoms with Crippen molar-refractivity contribution in [1.82, 2.24) is 19.4 Å². The normalized spacial score (nSPS) is 23.8. The standard InChI is InChI=1S/C15H28N4O2S/c1-13-8-14(2)11-19(10-13)7-5-4-6-17-22(20,21)15-9-16-18(3)12-15/h9,12-14,17H,4-8,10-11H2,1-3H3/t13-,14-/m0/s1. The molecule has 0 radical (unpaired) electrons. The van der Waals surface area contributed by atoms with Crippen LogP contribution in [0.3, 0.4) is 0 Å². The Morgan fingerprint density at radius 1 is 1.27 bits per heavy atom. The summed E-state index contributed by atoms with van der Waals surface area (Å²) in [4.78, 5) is 2.74. The van der Waals surface area contributed by atoms with Gasteiger partial charge in [-0.25, -0.2) is 13.1 Å². The Morgan fingerprint density at radius 2 is 1.95 bits per heavy atom. The molecule has 2 atom stereocenters. The van der Waals surface area contributed by atoms with Gasteiger partial charge in [0.1, 0.15) is 4.90 Å². The molecule has 22 heavy (non-hydrogen) atoms. The van der Waals surface area contributed by atoms with E-state index in [0.29, 0.717) is 6.54 Å². The summed E-state index contributed by atoms with van der Waals surface area (Å²) in [7, 11) is -1.70. The molecule has 1 saturated heterocycles. The Labute approximate surface area is 133 Å². The van der Waals surface area contributed by atoms with Crippen molar-refractivity contribution in [2.45, 2.75) is 38.0 Å². The summed E-state index contributed by atoms with van der Waals surface area (Å²) in [6, 6.07) is 0. The zero-order valence-corrected chi connectivity index (χ0v) is 14.6. The zero-order chi connectivity index (χ0) is 16.2. The van der Waals surface area contributed by atoms with Gasteiger partial charge in [0, 0.05) is 32.9 Å². The van der Waals surface area contributed by atoms with Crippen LogP contribution in [0.15, 0.2) is 17.3 Å². The molecule has 0 bridgehead atoms. The van der Waals surface area contributed by atoms with Gasteiger partial charge in [-0.15, -0.1) is 0 Å². The van der Waals surface area contributed by atoms with Crippen molar-refractivity contribution in [1.29, 1.82) is 0 Å². The van der Waals surface area contributed by atoms with Gasteiger partial charge in [-0.2, -0.15) is 5.10 Å². The molecule has 1 aromatic rings. The van der Waals surface area contributed by atoms with Crippen LogP contribution in [0.5, 0.6) is 0 Å². The second-order valence-corrected chi connectivity index (χ2v) is 8.43. The highest BCUT2D eigenvalue weighted by molar-refractivity contribution is 7.89. The highest BCUT2D eigenvalue weighted by atomic mass is 32.2. The van der Waals surface area contributed by atoms with E-state index in [9.17, 15) is 8.42 Å². The number of nitrogens with zero attached hydrogens (tertiary/aromatic N) is 3. The molecule has 0 unspecified atom stereocenters. The molecule has 7 heteroatoms. The molecule has 0 amide bonds. The van der Waals surface area contributed by atoms with Crippen LogP contribution in [0.2, 0.25) is 0 Å². The summed E-state index contributed by atoms with van der Waals surface area (Å²) in [6.07, 6.45) is 6.09. The lowest BCUT2D eigenvalue weighted by Crippen LogP contribution is -2.39. The fourth-order valence-corrected chi connectivity index (χ4v) is 4.32. The number of hydrogen-bond acceptors (Lipinski definition) is 4. The highest BCUT2D eigenvalue weighted by Gasteiger charge is 2.21. The molecule has 2 heterocycles. The van der Waals surface area contributed by atoms with Crippen molar-refractivity contribution in [3.8, 4) is 0 Å². The van der Waals surface area contributed by atoms with Gasteiger partial charge in [-0.3, -0.25) is 4.68 Å². The lowest BCUT2D eigenvalue weighted by atomic mass is 9.92. The second-order valence-electron chi connectivity index (χ2n) is 6.66. The van der Waals surface area contributed by atoms with Crippen molar-refractivity contribution in [2.24, 2.45) is 18.9 Å². The number of likely N-dealkylation sites (tertiary alicyclic amines) is 1. The van der Waals surface area contributed by atoms with E-state index in [-0.39, 0.29) is 4.90 Å². The molecule has 1 aliphatic heterocycles. The minimum Gasteiger partial charge on any atom is -0.303 e. The number of unbranched alkanes of at least 4 members (excludes halogenated alkanes) is 1. The first-order valence-corrected chi connectivity index (χ1v) is 9.56. The van der Waals surface area contributed by atoms with Crippen LogP contribution in [0.25, 0.3) is 0 Å². The van der Waals surface area contributed by atoms with Crippen LogP contribution in [-0.4, -0.2) is 49.3 Å². The summed E-state index contributed by atoms with van der Waals surface area (Å²) < 4.78 is 28.2. The third kappa shape index (κ3) is 5.07. The van der Waals surface area contributed by atoms with E-state index >= 15 is 0 Å². The van der Waals surface area contributed by atoms with E-state index in [1.807, 2.05) is 0 Å². The van der Waals surface area contributed by atoms with Gasteiger partial charge in [0.05, 0.1) is 6.20 Å². The maximum Gasteiger partial charge on any atom is 0.243 e. The Kier molecular flexibility index (Phi) is 6.00. The second kappa shape index (κ2) is 7.57. The molecule has 1 N–H and O–H groups in total. The average Bonchev–Trinajstić information content (AvgIpc) is 2.84. The van der Waals surface area contributed by atoms with Crippen LogP contribution in [-0.2, 0) is 17.1 Å². The van der Waals surface area contributed by atoms with Crippen LogP contribution >= 0.6 is 0 Å². The Morgan fingerprint density at radius 3 is 2.55 bits per heavy atom. The smallest absolute Gasteiger partial charge is 0.243 e. The first kappa shape index (κ1) is 17.4. The fraction of sp³-hybridized carbons (Fsp3) is 0.800. The summed E-state index contributed by atoms with van der Waals surface area (Å²) >= 11 is 0. The molecule has 126 valence electrons. The predicted molar refractivity (Wildman–Crippen MR) is 87.0 cm³/mol. The van der Waals surface area contributed by atoms with E-state index in [4.69, 9.17) is 0 Å². The number of aromatic nitrogens is 2. The van der Waals surface area contributed by atoms with E-state index in [0.717, 1.165) is 31.2 Å².